The summed E-state index contributed by atoms with van der Waals surface area (Å²) in [5, 5.41) is 2.81. The van der Waals surface area contributed by atoms with Crippen molar-refractivity contribution >= 4 is 22.0 Å². The lowest BCUT2D eigenvalue weighted by Gasteiger charge is -2.21. The van der Waals surface area contributed by atoms with Crippen molar-refractivity contribution in [2.24, 2.45) is 0 Å². The Morgan fingerprint density at radius 3 is 2.89 bits per heavy atom. The van der Waals surface area contributed by atoms with Crippen LogP contribution in [-0.2, 0) is 4.74 Å². The number of benzene rings is 1. The Hall–Kier alpha value is -1.23. The molecule has 0 aliphatic carbocycles. The summed E-state index contributed by atoms with van der Waals surface area (Å²) in [7, 11) is 0. The van der Waals surface area contributed by atoms with Crippen molar-refractivity contribution in [3.8, 4) is 5.75 Å². The van der Waals surface area contributed by atoms with E-state index in [2.05, 4.69) is 21.2 Å². The van der Waals surface area contributed by atoms with Gasteiger partial charge in [0.2, 0.25) is 0 Å². The molecule has 98 valence electrons. The Kier molecular flexibility index (Phi) is 3.52. The van der Waals surface area contributed by atoms with Gasteiger partial charge in [-0.05, 0) is 32.9 Å². The minimum Gasteiger partial charge on any atom is -0.491 e. The molecule has 1 amide bonds. The van der Waals surface area contributed by atoms with Crippen molar-refractivity contribution in [3.63, 3.8) is 0 Å². The molecule has 1 aromatic rings. The maximum absolute atomic E-state index is 11.7. The summed E-state index contributed by atoms with van der Waals surface area (Å²) in [6.07, 6.45) is -0.424. The molecular formula is C13H16BrNO3. The third kappa shape index (κ3) is 3.16. The van der Waals surface area contributed by atoms with Gasteiger partial charge in [0.15, 0.2) is 0 Å². The highest BCUT2D eigenvalue weighted by Crippen LogP contribution is 2.34. The predicted octanol–water partition coefficient (Wildman–Crippen LogP) is 3.41. The second-order valence-corrected chi connectivity index (χ2v) is 6.11. The van der Waals surface area contributed by atoms with Gasteiger partial charge in [-0.2, -0.15) is 0 Å². The quantitative estimate of drug-likeness (QED) is 0.864. The monoisotopic (exact) mass is 313 g/mol. The number of halogens is 1. The van der Waals surface area contributed by atoms with Gasteiger partial charge >= 0.3 is 6.09 Å². The highest BCUT2D eigenvalue weighted by molar-refractivity contribution is 9.10. The number of hydrogen-bond donors (Lipinski definition) is 1. The van der Waals surface area contributed by atoms with Crippen LogP contribution in [0.1, 0.15) is 32.4 Å². The van der Waals surface area contributed by atoms with Gasteiger partial charge < -0.3 is 14.8 Å². The number of amides is 1. The van der Waals surface area contributed by atoms with Gasteiger partial charge in [-0.3, -0.25) is 0 Å². The molecule has 0 saturated carbocycles. The highest BCUT2D eigenvalue weighted by Gasteiger charge is 2.27. The zero-order valence-electron chi connectivity index (χ0n) is 10.6. The van der Waals surface area contributed by atoms with E-state index in [9.17, 15) is 4.79 Å². The first-order valence-electron chi connectivity index (χ1n) is 5.77. The lowest BCUT2D eigenvalue weighted by Crippen LogP contribution is -2.35. The average molecular weight is 314 g/mol. The standard InChI is InChI=1S/C13H16BrNO3/c1-13(2,3)18-12(16)15-10-7-17-11-6-8(14)4-5-9(10)11/h4-6,10H,7H2,1-3H3,(H,15,16). The molecular weight excluding hydrogens is 298 g/mol. The Morgan fingerprint density at radius 1 is 1.50 bits per heavy atom. The van der Waals surface area contributed by atoms with Crippen LogP contribution in [0, 0.1) is 0 Å². The molecule has 1 unspecified atom stereocenters. The van der Waals surface area contributed by atoms with Crippen LogP contribution in [-0.4, -0.2) is 18.3 Å². The van der Waals surface area contributed by atoms with Gasteiger partial charge in [-0.25, -0.2) is 4.79 Å². The number of carbonyl (C=O) groups excluding carboxylic acids is 1. The van der Waals surface area contributed by atoms with Crippen molar-refractivity contribution in [2.75, 3.05) is 6.61 Å². The molecule has 5 heteroatoms. The number of nitrogens with one attached hydrogen (secondary N) is 1. The van der Waals surface area contributed by atoms with Gasteiger partial charge in [0.25, 0.3) is 0 Å². The molecule has 18 heavy (non-hydrogen) atoms. The molecule has 0 saturated heterocycles. The fraction of sp³-hybridized carbons (Fsp3) is 0.462. The second kappa shape index (κ2) is 4.80. The second-order valence-electron chi connectivity index (χ2n) is 5.19. The summed E-state index contributed by atoms with van der Waals surface area (Å²) in [5.41, 5.74) is 0.482. The third-order valence-corrected chi connectivity index (χ3v) is 2.94. The van der Waals surface area contributed by atoms with Crippen molar-refractivity contribution < 1.29 is 14.3 Å². The molecule has 0 aromatic heterocycles. The van der Waals surface area contributed by atoms with E-state index >= 15 is 0 Å². The van der Waals surface area contributed by atoms with Crippen LogP contribution in [0.4, 0.5) is 4.79 Å². The predicted molar refractivity (Wildman–Crippen MR) is 71.7 cm³/mol. The molecule has 1 heterocycles. The Balaban J connectivity index is 2.04. The van der Waals surface area contributed by atoms with E-state index < -0.39 is 11.7 Å². The van der Waals surface area contributed by atoms with E-state index in [-0.39, 0.29) is 6.04 Å². The Bertz CT molecular complexity index is 468. The first-order chi connectivity index (χ1) is 8.35. The van der Waals surface area contributed by atoms with Crippen LogP contribution in [0.25, 0.3) is 0 Å². The van der Waals surface area contributed by atoms with Gasteiger partial charge in [-0.15, -0.1) is 0 Å². The van der Waals surface area contributed by atoms with E-state index in [1.165, 1.54) is 0 Å². The van der Waals surface area contributed by atoms with Gasteiger partial charge in [0, 0.05) is 10.0 Å². The molecule has 0 fully saturated rings. The summed E-state index contributed by atoms with van der Waals surface area (Å²) in [4.78, 5) is 11.7. The molecule has 0 radical (unpaired) electrons. The number of ether oxygens (including phenoxy) is 2. The molecule has 1 aliphatic heterocycles. The summed E-state index contributed by atoms with van der Waals surface area (Å²) in [5.74, 6) is 0.797. The number of carbonyl (C=O) groups is 1. The van der Waals surface area contributed by atoms with Crippen LogP contribution in [0.5, 0.6) is 5.75 Å². The van der Waals surface area contributed by atoms with Crippen LogP contribution in [0.15, 0.2) is 22.7 Å². The lowest BCUT2D eigenvalue weighted by atomic mass is 10.1. The minimum atomic E-state index is -0.494. The molecule has 1 atom stereocenters. The van der Waals surface area contributed by atoms with E-state index in [1.807, 2.05) is 39.0 Å². The van der Waals surface area contributed by atoms with Crippen molar-refractivity contribution in [1.29, 1.82) is 0 Å². The Morgan fingerprint density at radius 2 is 2.22 bits per heavy atom. The molecule has 1 aromatic carbocycles. The van der Waals surface area contributed by atoms with Crippen molar-refractivity contribution in [1.82, 2.24) is 5.32 Å². The SMILES string of the molecule is CC(C)(C)OC(=O)NC1COc2cc(Br)ccc21. The van der Waals surface area contributed by atoms with Crippen LogP contribution in [0.3, 0.4) is 0 Å². The zero-order chi connectivity index (χ0) is 13.3. The fourth-order valence-electron chi connectivity index (χ4n) is 1.75. The molecule has 0 spiro atoms. The maximum atomic E-state index is 11.7. The highest BCUT2D eigenvalue weighted by atomic mass is 79.9. The van der Waals surface area contributed by atoms with Crippen molar-refractivity contribution in [2.45, 2.75) is 32.4 Å². The molecule has 2 rings (SSSR count). The Labute approximate surface area is 115 Å². The smallest absolute Gasteiger partial charge is 0.408 e. The summed E-state index contributed by atoms with van der Waals surface area (Å²) < 4.78 is 11.7. The molecule has 1 aliphatic rings. The maximum Gasteiger partial charge on any atom is 0.408 e. The average Bonchev–Trinajstić information content (AvgIpc) is 2.57. The summed E-state index contributed by atoms with van der Waals surface area (Å²) >= 11 is 3.38. The molecule has 4 nitrogen and oxygen atoms in total. The van der Waals surface area contributed by atoms with Crippen LogP contribution < -0.4 is 10.1 Å². The number of hydrogen-bond acceptors (Lipinski definition) is 3. The molecule has 1 N–H and O–H groups in total. The van der Waals surface area contributed by atoms with E-state index in [4.69, 9.17) is 9.47 Å². The van der Waals surface area contributed by atoms with Gasteiger partial charge in [0.1, 0.15) is 18.0 Å². The normalized spacial score (nSPS) is 17.9. The molecule has 0 bridgehead atoms. The first kappa shape index (κ1) is 13.2. The fourth-order valence-corrected chi connectivity index (χ4v) is 2.09. The number of alkyl carbamates (subject to hydrolysis) is 1. The topological polar surface area (TPSA) is 47.6 Å². The number of rotatable bonds is 1. The van der Waals surface area contributed by atoms with Gasteiger partial charge in [0.05, 0.1) is 6.04 Å². The zero-order valence-corrected chi connectivity index (χ0v) is 12.2. The largest absolute Gasteiger partial charge is 0.491 e. The third-order valence-electron chi connectivity index (χ3n) is 2.45. The summed E-state index contributed by atoms with van der Waals surface area (Å²) in [6.45, 7) is 5.94. The first-order valence-corrected chi connectivity index (χ1v) is 6.56. The van der Waals surface area contributed by atoms with E-state index in [1.54, 1.807) is 0 Å². The van der Waals surface area contributed by atoms with Crippen LogP contribution in [0.2, 0.25) is 0 Å². The number of fused-ring (bicyclic) bond motifs is 1. The minimum absolute atomic E-state index is 0.150. The summed E-state index contributed by atoms with van der Waals surface area (Å²) in [6, 6.07) is 5.61. The van der Waals surface area contributed by atoms with E-state index in [0.29, 0.717) is 6.61 Å². The lowest BCUT2D eigenvalue weighted by molar-refractivity contribution is 0.0497. The van der Waals surface area contributed by atoms with Gasteiger partial charge in [-0.1, -0.05) is 22.0 Å². The van der Waals surface area contributed by atoms with Crippen LogP contribution >= 0.6 is 15.9 Å². The van der Waals surface area contributed by atoms with E-state index in [0.717, 1.165) is 15.8 Å². The van der Waals surface area contributed by atoms with Crippen molar-refractivity contribution in [3.05, 3.63) is 28.2 Å².